The largest absolute Gasteiger partial charge is 0.485 e. The number of para-hydroxylation sites is 1. The van der Waals surface area contributed by atoms with Crippen LogP contribution < -0.4 is 4.74 Å². The molecule has 1 aromatic carbocycles. The predicted octanol–water partition coefficient (Wildman–Crippen LogP) is 1.98. The fourth-order valence-corrected chi connectivity index (χ4v) is 2.20. The van der Waals surface area contributed by atoms with Gasteiger partial charge in [-0.3, -0.25) is 4.68 Å². The Morgan fingerprint density at radius 1 is 1.41 bits per heavy atom. The highest BCUT2D eigenvalue weighted by Gasteiger charge is 2.28. The maximum atomic E-state index is 10.1. The number of hydrogen-bond donors (Lipinski definition) is 1. The van der Waals surface area contributed by atoms with Crippen molar-refractivity contribution in [3.63, 3.8) is 0 Å². The van der Waals surface area contributed by atoms with Crippen LogP contribution in [0.3, 0.4) is 0 Å². The summed E-state index contributed by atoms with van der Waals surface area (Å²) in [6.45, 7) is 0. The Labute approximate surface area is 99.5 Å². The van der Waals surface area contributed by atoms with Crippen LogP contribution in [-0.4, -0.2) is 14.9 Å². The van der Waals surface area contributed by atoms with Gasteiger partial charge >= 0.3 is 0 Å². The van der Waals surface area contributed by atoms with Crippen molar-refractivity contribution >= 4 is 0 Å². The molecular formula is C13H14N2O2. The number of aliphatic hydroxyl groups is 1. The highest BCUT2D eigenvalue weighted by atomic mass is 16.5. The van der Waals surface area contributed by atoms with E-state index in [2.05, 4.69) is 5.10 Å². The van der Waals surface area contributed by atoms with E-state index in [1.54, 1.807) is 10.9 Å². The van der Waals surface area contributed by atoms with Gasteiger partial charge in [0.1, 0.15) is 11.9 Å². The van der Waals surface area contributed by atoms with Crippen molar-refractivity contribution < 1.29 is 9.84 Å². The van der Waals surface area contributed by atoms with Gasteiger partial charge in [0.2, 0.25) is 0 Å². The molecule has 4 heteroatoms. The van der Waals surface area contributed by atoms with Crippen molar-refractivity contribution in [3.05, 3.63) is 47.8 Å². The summed E-state index contributed by atoms with van der Waals surface area (Å²) in [6.07, 6.45) is 3.69. The van der Waals surface area contributed by atoms with Gasteiger partial charge in [0, 0.05) is 30.8 Å². The zero-order valence-corrected chi connectivity index (χ0v) is 9.58. The Balaban J connectivity index is 1.93. The molecule has 2 heterocycles. The number of benzene rings is 1. The van der Waals surface area contributed by atoms with Gasteiger partial charge in [0.05, 0.1) is 12.3 Å². The van der Waals surface area contributed by atoms with Crippen molar-refractivity contribution in [2.75, 3.05) is 0 Å². The topological polar surface area (TPSA) is 47.3 Å². The number of hydrogen-bond acceptors (Lipinski definition) is 3. The minimum atomic E-state index is -0.467. The quantitative estimate of drug-likeness (QED) is 0.814. The summed E-state index contributed by atoms with van der Waals surface area (Å²) in [5.74, 6) is 0.764. The SMILES string of the molecule is Cn1cc(C2CC(O)c3ccccc3O2)cn1. The molecule has 0 spiro atoms. The normalized spacial score (nSPS) is 22.9. The number of fused-ring (bicyclic) bond motifs is 1. The fourth-order valence-electron chi connectivity index (χ4n) is 2.20. The maximum Gasteiger partial charge on any atom is 0.130 e. The Kier molecular flexibility index (Phi) is 2.37. The first-order chi connectivity index (χ1) is 8.24. The lowest BCUT2D eigenvalue weighted by atomic mass is 9.96. The van der Waals surface area contributed by atoms with E-state index >= 15 is 0 Å². The van der Waals surface area contributed by atoms with Crippen molar-refractivity contribution in [2.45, 2.75) is 18.6 Å². The molecule has 0 saturated heterocycles. The molecule has 1 N–H and O–H groups in total. The van der Waals surface area contributed by atoms with Gasteiger partial charge in [0.15, 0.2) is 0 Å². The second kappa shape index (κ2) is 3.89. The fraction of sp³-hybridized carbons (Fsp3) is 0.308. The van der Waals surface area contributed by atoms with Crippen LogP contribution in [0.1, 0.15) is 29.8 Å². The van der Waals surface area contributed by atoms with Gasteiger partial charge in [-0.2, -0.15) is 5.10 Å². The third-order valence-electron chi connectivity index (χ3n) is 3.08. The minimum absolute atomic E-state index is 0.117. The lowest BCUT2D eigenvalue weighted by Gasteiger charge is -2.28. The highest BCUT2D eigenvalue weighted by Crippen LogP contribution is 2.40. The molecule has 0 amide bonds. The van der Waals surface area contributed by atoms with E-state index in [4.69, 9.17) is 4.74 Å². The van der Waals surface area contributed by atoms with E-state index in [1.807, 2.05) is 37.5 Å². The maximum absolute atomic E-state index is 10.1. The van der Waals surface area contributed by atoms with Crippen LogP contribution >= 0.6 is 0 Å². The molecular weight excluding hydrogens is 216 g/mol. The van der Waals surface area contributed by atoms with Crippen molar-refractivity contribution in [3.8, 4) is 5.75 Å². The van der Waals surface area contributed by atoms with Crippen molar-refractivity contribution in [1.29, 1.82) is 0 Å². The average Bonchev–Trinajstić information content (AvgIpc) is 2.76. The average molecular weight is 230 g/mol. The first kappa shape index (κ1) is 10.4. The zero-order valence-electron chi connectivity index (χ0n) is 9.58. The van der Waals surface area contributed by atoms with E-state index in [1.165, 1.54) is 0 Å². The van der Waals surface area contributed by atoms with Gasteiger partial charge in [0.25, 0.3) is 0 Å². The molecule has 2 aromatic rings. The van der Waals surface area contributed by atoms with Crippen LogP contribution in [0.5, 0.6) is 5.75 Å². The number of rotatable bonds is 1. The van der Waals surface area contributed by atoms with E-state index in [0.29, 0.717) is 6.42 Å². The summed E-state index contributed by atoms with van der Waals surface area (Å²) in [5, 5.41) is 14.2. The third-order valence-corrected chi connectivity index (χ3v) is 3.08. The van der Waals surface area contributed by atoms with Crippen molar-refractivity contribution in [2.24, 2.45) is 7.05 Å². The Bertz CT molecular complexity index is 536. The first-order valence-electron chi connectivity index (χ1n) is 5.66. The molecule has 2 unspecified atom stereocenters. The van der Waals surface area contributed by atoms with Crippen LogP contribution in [0.2, 0.25) is 0 Å². The van der Waals surface area contributed by atoms with Crippen LogP contribution in [0.25, 0.3) is 0 Å². The lowest BCUT2D eigenvalue weighted by molar-refractivity contribution is 0.0657. The van der Waals surface area contributed by atoms with E-state index in [9.17, 15) is 5.11 Å². The molecule has 0 saturated carbocycles. The van der Waals surface area contributed by atoms with Crippen LogP contribution in [0.15, 0.2) is 36.7 Å². The van der Waals surface area contributed by atoms with Gasteiger partial charge in [-0.1, -0.05) is 18.2 Å². The summed E-state index contributed by atoms with van der Waals surface area (Å²) in [5.41, 5.74) is 1.87. The van der Waals surface area contributed by atoms with Crippen molar-refractivity contribution in [1.82, 2.24) is 9.78 Å². The monoisotopic (exact) mass is 230 g/mol. The second-order valence-corrected chi connectivity index (χ2v) is 4.34. The number of aliphatic hydroxyl groups excluding tert-OH is 1. The summed E-state index contributed by atoms with van der Waals surface area (Å²) in [7, 11) is 1.87. The molecule has 1 aliphatic rings. The summed E-state index contributed by atoms with van der Waals surface area (Å²) in [4.78, 5) is 0. The predicted molar refractivity (Wildman–Crippen MR) is 62.6 cm³/mol. The van der Waals surface area contributed by atoms with Crippen LogP contribution in [0, 0.1) is 0 Å². The van der Waals surface area contributed by atoms with Crippen LogP contribution in [0.4, 0.5) is 0 Å². The zero-order chi connectivity index (χ0) is 11.8. The summed E-state index contributed by atoms with van der Waals surface area (Å²) in [6, 6.07) is 7.62. The molecule has 4 nitrogen and oxygen atoms in total. The number of nitrogens with zero attached hydrogens (tertiary/aromatic N) is 2. The molecule has 3 rings (SSSR count). The lowest BCUT2D eigenvalue weighted by Crippen LogP contribution is -2.18. The smallest absolute Gasteiger partial charge is 0.130 e. The number of aryl methyl sites for hydroxylation is 1. The van der Waals surface area contributed by atoms with E-state index in [-0.39, 0.29) is 6.10 Å². The minimum Gasteiger partial charge on any atom is -0.485 e. The standard InChI is InChI=1S/C13H14N2O2/c1-15-8-9(7-14-15)13-6-11(16)10-4-2-3-5-12(10)17-13/h2-5,7-8,11,13,16H,6H2,1H3. The molecule has 1 aliphatic heterocycles. The van der Waals surface area contributed by atoms with E-state index in [0.717, 1.165) is 16.9 Å². The summed E-state index contributed by atoms with van der Waals surface area (Å²) >= 11 is 0. The van der Waals surface area contributed by atoms with E-state index < -0.39 is 6.10 Å². The molecule has 0 fully saturated rings. The third kappa shape index (κ3) is 1.80. The Morgan fingerprint density at radius 2 is 2.24 bits per heavy atom. The van der Waals surface area contributed by atoms with Gasteiger partial charge in [-0.15, -0.1) is 0 Å². The Hall–Kier alpha value is -1.81. The van der Waals surface area contributed by atoms with Gasteiger partial charge < -0.3 is 9.84 Å². The number of ether oxygens (including phenoxy) is 1. The molecule has 88 valence electrons. The van der Waals surface area contributed by atoms with Crippen LogP contribution in [-0.2, 0) is 7.05 Å². The molecule has 2 atom stereocenters. The molecule has 0 aliphatic carbocycles. The molecule has 0 radical (unpaired) electrons. The highest BCUT2D eigenvalue weighted by molar-refractivity contribution is 5.37. The van der Waals surface area contributed by atoms with Gasteiger partial charge in [-0.05, 0) is 6.07 Å². The second-order valence-electron chi connectivity index (χ2n) is 4.34. The Morgan fingerprint density at radius 3 is 3.00 bits per heavy atom. The van der Waals surface area contributed by atoms with Gasteiger partial charge in [-0.25, -0.2) is 0 Å². The number of aromatic nitrogens is 2. The molecule has 1 aromatic heterocycles. The first-order valence-corrected chi connectivity index (χ1v) is 5.66. The molecule has 0 bridgehead atoms. The molecule has 17 heavy (non-hydrogen) atoms. The summed E-state index contributed by atoms with van der Waals surface area (Å²) < 4.78 is 7.63.